The average Bonchev–Trinajstić information content (AvgIpc) is 3.58. The fourth-order valence-electron chi connectivity index (χ4n) is 4.55. The normalized spacial score (nSPS) is 17.1. The number of aromatic carboxylic acids is 1. The van der Waals surface area contributed by atoms with Crippen molar-refractivity contribution in [2.75, 3.05) is 31.1 Å². The number of carboxylic acids is 1. The van der Waals surface area contributed by atoms with Crippen molar-refractivity contribution in [2.45, 2.75) is 38.9 Å². The van der Waals surface area contributed by atoms with Gasteiger partial charge in [0.2, 0.25) is 5.43 Å². The molecule has 0 unspecified atom stereocenters. The molecule has 2 N–H and O–H groups in total. The molecule has 9 nitrogen and oxygen atoms in total. The molecule has 0 spiro atoms. The molecule has 2 aliphatic rings. The molecule has 3 heterocycles. The third-order valence-electron chi connectivity index (χ3n) is 6.50. The lowest BCUT2D eigenvalue weighted by molar-refractivity contribution is 0.0695. The van der Waals surface area contributed by atoms with Gasteiger partial charge in [0, 0.05) is 50.3 Å². The topological polar surface area (TPSA) is 99.4 Å². The first-order chi connectivity index (χ1) is 15.9. The number of benzene rings is 1. The molecule has 1 aliphatic carbocycles. The number of pyridine rings is 1. The molecule has 1 aliphatic heterocycles. The Bertz CT molecular complexity index is 1350. The van der Waals surface area contributed by atoms with E-state index in [1.807, 2.05) is 21.0 Å². The summed E-state index contributed by atoms with van der Waals surface area (Å²) in [5.41, 5.74) is 0.0640. The highest BCUT2D eigenvalue weighted by Crippen LogP contribution is 2.38. The molecule has 3 aromatic rings. The van der Waals surface area contributed by atoms with Crippen LogP contribution in [0.2, 0.25) is 0 Å². The van der Waals surface area contributed by atoms with Gasteiger partial charge in [0.15, 0.2) is 4.77 Å². The Hall–Kier alpha value is -3.05. The Morgan fingerprint density at radius 1 is 1.27 bits per heavy atom. The summed E-state index contributed by atoms with van der Waals surface area (Å²) < 4.78 is 19.5. The summed E-state index contributed by atoms with van der Waals surface area (Å²) >= 11 is 5.26. The van der Waals surface area contributed by atoms with Crippen LogP contribution >= 0.6 is 12.2 Å². The van der Waals surface area contributed by atoms with Gasteiger partial charge in [-0.1, -0.05) is 0 Å². The quantitative estimate of drug-likeness (QED) is 0.532. The molecule has 5 rings (SSSR count). The second kappa shape index (κ2) is 8.38. The highest BCUT2D eigenvalue weighted by atomic mass is 32.1. The third-order valence-corrected chi connectivity index (χ3v) is 6.81. The predicted molar refractivity (Wildman–Crippen MR) is 124 cm³/mol. The van der Waals surface area contributed by atoms with Crippen LogP contribution in [0.15, 0.2) is 23.1 Å². The van der Waals surface area contributed by atoms with Crippen LogP contribution in [0.1, 0.15) is 42.0 Å². The number of aromatic amines is 1. The standard InChI is InChI=1S/C22H25FN6O3S/c1-2-28-19(24-25-22(28)33)12-26-5-7-27(8-6-26)18-10-17-14(9-16(18)23)20(30)15(21(31)32)11-29(17)13-3-4-13/h9-11,13H,2-8,12H2,1H3,(H,25,33)(H,31,32). The lowest BCUT2D eigenvalue weighted by Gasteiger charge is -2.36. The van der Waals surface area contributed by atoms with Crippen molar-refractivity contribution in [1.29, 1.82) is 0 Å². The van der Waals surface area contributed by atoms with E-state index in [4.69, 9.17) is 12.2 Å². The number of hydrogen-bond donors (Lipinski definition) is 2. The number of hydrogen-bond acceptors (Lipinski definition) is 6. The molecular formula is C22H25FN6O3S. The smallest absolute Gasteiger partial charge is 0.341 e. The van der Waals surface area contributed by atoms with Crippen LogP contribution in [0, 0.1) is 10.6 Å². The predicted octanol–water partition coefficient (Wildman–Crippen LogP) is 2.77. The van der Waals surface area contributed by atoms with Gasteiger partial charge in [-0.25, -0.2) is 9.18 Å². The number of H-pyrrole nitrogens is 1. The fourth-order valence-corrected chi connectivity index (χ4v) is 4.83. The molecular weight excluding hydrogens is 447 g/mol. The second-order valence-electron chi connectivity index (χ2n) is 8.59. The van der Waals surface area contributed by atoms with Gasteiger partial charge >= 0.3 is 5.97 Å². The lowest BCUT2D eigenvalue weighted by Crippen LogP contribution is -2.46. The summed E-state index contributed by atoms with van der Waals surface area (Å²) in [6.45, 7) is 6.15. The first kappa shape index (κ1) is 21.8. The molecule has 0 bridgehead atoms. The third kappa shape index (κ3) is 3.95. The number of halogens is 1. The van der Waals surface area contributed by atoms with Crippen LogP contribution in [0.3, 0.4) is 0 Å². The Morgan fingerprint density at radius 3 is 2.64 bits per heavy atom. The molecule has 0 amide bonds. The number of rotatable bonds is 6. The van der Waals surface area contributed by atoms with Gasteiger partial charge in [-0.15, -0.1) is 0 Å². The Kier molecular flexibility index (Phi) is 5.53. The van der Waals surface area contributed by atoms with E-state index in [0.29, 0.717) is 35.6 Å². The SMILES string of the molecule is CCn1c(CN2CCN(c3cc4c(cc3F)c(=O)c(C(=O)O)cn4C3CC3)CC2)n[nH]c1=S. The highest BCUT2D eigenvalue weighted by Gasteiger charge is 2.28. The van der Waals surface area contributed by atoms with E-state index in [-0.39, 0.29) is 17.0 Å². The molecule has 33 heavy (non-hydrogen) atoms. The molecule has 2 fully saturated rings. The summed E-state index contributed by atoms with van der Waals surface area (Å²) in [5.74, 6) is -0.915. The van der Waals surface area contributed by atoms with Crippen molar-refractivity contribution < 1.29 is 14.3 Å². The first-order valence-electron chi connectivity index (χ1n) is 11.1. The van der Waals surface area contributed by atoms with Gasteiger partial charge in [0.25, 0.3) is 0 Å². The van der Waals surface area contributed by atoms with E-state index in [1.165, 1.54) is 12.3 Å². The summed E-state index contributed by atoms with van der Waals surface area (Å²) in [6.07, 6.45) is 3.24. The number of carbonyl (C=O) groups is 1. The zero-order valence-corrected chi connectivity index (χ0v) is 19.1. The van der Waals surface area contributed by atoms with Crippen LogP contribution in [0.5, 0.6) is 0 Å². The first-order valence-corrected chi connectivity index (χ1v) is 11.5. The van der Waals surface area contributed by atoms with E-state index in [2.05, 4.69) is 15.1 Å². The maximum Gasteiger partial charge on any atom is 0.341 e. The van der Waals surface area contributed by atoms with E-state index in [1.54, 1.807) is 6.07 Å². The monoisotopic (exact) mass is 472 g/mol. The van der Waals surface area contributed by atoms with Crippen molar-refractivity contribution in [3.05, 3.63) is 50.5 Å². The Balaban J connectivity index is 1.41. The van der Waals surface area contributed by atoms with Gasteiger partial charge in [-0.05, 0) is 44.1 Å². The maximum atomic E-state index is 15.1. The summed E-state index contributed by atoms with van der Waals surface area (Å²) in [5, 5.41) is 16.7. The van der Waals surface area contributed by atoms with Gasteiger partial charge in [0.1, 0.15) is 17.2 Å². The lowest BCUT2D eigenvalue weighted by atomic mass is 10.1. The van der Waals surface area contributed by atoms with E-state index in [0.717, 1.165) is 38.3 Å². The highest BCUT2D eigenvalue weighted by molar-refractivity contribution is 7.71. The molecule has 0 radical (unpaired) electrons. The number of piperazine rings is 1. The number of fused-ring (bicyclic) bond motifs is 1. The molecule has 1 aromatic carbocycles. The van der Waals surface area contributed by atoms with Gasteiger partial charge in [0.05, 0.1) is 17.7 Å². The van der Waals surface area contributed by atoms with Crippen molar-refractivity contribution in [2.24, 2.45) is 0 Å². The number of anilines is 1. The minimum absolute atomic E-state index is 0.115. The van der Waals surface area contributed by atoms with Crippen molar-refractivity contribution in [3.63, 3.8) is 0 Å². The molecule has 174 valence electrons. The number of aromatic nitrogens is 4. The number of nitrogens with one attached hydrogen (secondary N) is 1. The minimum atomic E-state index is -1.29. The summed E-state index contributed by atoms with van der Waals surface area (Å²) in [4.78, 5) is 28.4. The average molecular weight is 473 g/mol. The summed E-state index contributed by atoms with van der Waals surface area (Å²) in [6, 6.07) is 3.05. The number of nitrogens with zero attached hydrogens (tertiary/aromatic N) is 5. The van der Waals surface area contributed by atoms with Gasteiger partial charge in [-0.2, -0.15) is 5.10 Å². The van der Waals surface area contributed by atoms with E-state index >= 15 is 4.39 Å². The van der Waals surface area contributed by atoms with Gasteiger partial charge < -0.3 is 19.1 Å². The molecule has 1 saturated carbocycles. The largest absolute Gasteiger partial charge is 0.477 e. The maximum absolute atomic E-state index is 15.1. The summed E-state index contributed by atoms with van der Waals surface area (Å²) in [7, 11) is 0. The zero-order valence-electron chi connectivity index (χ0n) is 18.3. The van der Waals surface area contributed by atoms with Crippen molar-refractivity contribution in [1.82, 2.24) is 24.2 Å². The van der Waals surface area contributed by atoms with Crippen LogP contribution in [0.4, 0.5) is 10.1 Å². The van der Waals surface area contributed by atoms with E-state index < -0.39 is 17.2 Å². The van der Waals surface area contributed by atoms with E-state index in [9.17, 15) is 14.7 Å². The van der Waals surface area contributed by atoms with Crippen molar-refractivity contribution in [3.8, 4) is 0 Å². The van der Waals surface area contributed by atoms with Gasteiger partial charge in [-0.3, -0.25) is 14.8 Å². The minimum Gasteiger partial charge on any atom is -0.477 e. The number of carboxylic acid groups (broad SMARTS) is 1. The zero-order chi connectivity index (χ0) is 23.3. The van der Waals surface area contributed by atoms with Crippen LogP contribution < -0.4 is 10.3 Å². The second-order valence-corrected chi connectivity index (χ2v) is 8.98. The molecule has 2 aromatic heterocycles. The molecule has 1 saturated heterocycles. The Labute approximate surface area is 194 Å². The Morgan fingerprint density at radius 2 is 2.00 bits per heavy atom. The van der Waals surface area contributed by atoms with Crippen molar-refractivity contribution >= 4 is 34.8 Å². The fraction of sp³-hybridized carbons (Fsp3) is 0.455. The molecule has 11 heteroatoms. The van der Waals surface area contributed by atoms with Crippen LogP contribution in [-0.4, -0.2) is 61.5 Å². The van der Waals surface area contributed by atoms with Crippen LogP contribution in [-0.2, 0) is 13.1 Å². The molecule has 0 atom stereocenters. The van der Waals surface area contributed by atoms with Crippen LogP contribution in [0.25, 0.3) is 10.9 Å².